The molecule has 6 rings (SSSR count). The summed E-state index contributed by atoms with van der Waals surface area (Å²) in [6, 6.07) is 20.8. The van der Waals surface area contributed by atoms with Crippen molar-refractivity contribution >= 4 is 17.5 Å². The van der Waals surface area contributed by atoms with E-state index in [1.165, 1.54) is 12.8 Å². The van der Waals surface area contributed by atoms with E-state index >= 15 is 0 Å². The molecular formula is C29H30N4O4. The lowest BCUT2D eigenvalue weighted by atomic mass is 10.1. The van der Waals surface area contributed by atoms with Gasteiger partial charge in [-0.3, -0.25) is 9.59 Å². The molecule has 0 aliphatic carbocycles. The molecule has 3 aliphatic heterocycles. The number of nitrogens with zero attached hydrogens (tertiary/aromatic N) is 2. The summed E-state index contributed by atoms with van der Waals surface area (Å²) in [6.45, 7) is 4.40. The highest BCUT2D eigenvalue weighted by atomic mass is 16.7. The number of nitrogens with one attached hydrogen (secondary N) is 2. The Labute approximate surface area is 216 Å². The van der Waals surface area contributed by atoms with Crippen LogP contribution in [0.2, 0.25) is 0 Å². The minimum absolute atomic E-state index is 0.0280. The fourth-order valence-electron chi connectivity index (χ4n) is 5.24. The van der Waals surface area contributed by atoms with Gasteiger partial charge in [0.2, 0.25) is 6.79 Å². The third kappa shape index (κ3) is 4.84. The summed E-state index contributed by atoms with van der Waals surface area (Å²) in [4.78, 5) is 30.1. The lowest BCUT2D eigenvalue weighted by Gasteiger charge is -2.27. The van der Waals surface area contributed by atoms with E-state index in [0.717, 1.165) is 42.2 Å². The normalized spacial score (nSPS) is 18.2. The van der Waals surface area contributed by atoms with Gasteiger partial charge in [-0.1, -0.05) is 24.3 Å². The monoisotopic (exact) mass is 498 g/mol. The van der Waals surface area contributed by atoms with E-state index in [1.54, 1.807) is 0 Å². The van der Waals surface area contributed by atoms with Gasteiger partial charge < -0.3 is 29.9 Å². The SMILES string of the molecule is O=C(NCCN1CCCC1)c1ccc(NC2c3ccccc3C(=O)N2Cc2ccc3c(c2)OCO3)cc1. The second-order valence-corrected chi connectivity index (χ2v) is 9.64. The molecule has 3 aliphatic rings. The number of hydrogen-bond acceptors (Lipinski definition) is 6. The van der Waals surface area contributed by atoms with Crippen molar-refractivity contribution < 1.29 is 19.1 Å². The second kappa shape index (κ2) is 10.1. The van der Waals surface area contributed by atoms with Crippen molar-refractivity contribution in [2.75, 3.05) is 38.3 Å². The van der Waals surface area contributed by atoms with Gasteiger partial charge in [0, 0.05) is 42.0 Å². The van der Waals surface area contributed by atoms with Gasteiger partial charge >= 0.3 is 0 Å². The van der Waals surface area contributed by atoms with E-state index in [9.17, 15) is 9.59 Å². The fraction of sp³-hybridized carbons (Fsp3) is 0.310. The Balaban J connectivity index is 1.15. The number of fused-ring (bicyclic) bond motifs is 2. The predicted molar refractivity (Wildman–Crippen MR) is 140 cm³/mol. The zero-order chi connectivity index (χ0) is 25.2. The molecule has 0 spiro atoms. The lowest BCUT2D eigenvalue weighted by Crippen LogP contribution is -2.33. The van der Waals surface area contributed by atoms with Gasteiger partial charge in [0.15, 0.2) is 11.5 Å². The molecule has 0 saturated carbocycles. The summed E-state index contributed by atoms with van der Waals surface area (Å²) in [5.41, 5.74) is 4.02. The van der Waals surface area contributed by atoms with Crippen molar-refractivity contribution in [1.29, 1.82) is 0 Å². The first kappa shape index (κ1) is 23.4. The standard InChI is InChI=1S/C29H30N4O4/c34-28(30-13-16-32-14-3-4-15-32)21-8-10-22(11-9-21)31-27-23-5-1-2-6-24(23)29(35)33(27)18-20-7-12-25-26(17-20)37-19-36-25/h1-2,5-12,17,27,31H,3-4,13-16,18-19H2,(H,30,34). The first-order valence-electron chi connectivity index (χ1n) is 12.8. The molecule has 8 nitrogen and oxygen atoms in total. The van der Waals surface area contributed by atoms with Crippen LogP contribution in [0, 0.1) is 0 Å². The van der Waals surface area contributed by atoms with Crippen LogP contribution in [0.3, 0.4) is 0 Å². The van der Waals surface area contributed by atoms with E-state index in [0.29, 0.717) is 30.0 Å². The molecule has 3 heterocycles. The van der Waals surface area contributed by atoms with Crippen LogP contribution in [0.4, 0.5) is 5.69 Å². The van der Waals surface area contributed by atoms with Crippen molar-refractivity contribution in [2.24, 2.45) is 0 Å². The van der Waals surface area contributed by atoms with Crippen LogP contribution >= 0.6 is 0 Å². The fourth-order valence-corrected chi connectivity index (χ4v) is 5.24. The number of hydrogen-bond donors (Lipinski definition) is 2. The molecule has 2 amide bonds. The number of carbonyl (C=O) groups is 2. The average Bonchev–Trinajstić information content (AvgIpc) is 3.67. The Morgan fingerprint density at radius 3 is 2.57 bits per heavy atom. The number of amides is 2. The third-order valence-corrected chi connectivity index (χ3v) is 7.21. The van der Waals surface area contributed by atoms with E-state index in [2.05, 4.69) is 15.5 Å². The van der Waals surface area contributed by atoms with Gasteiger partial charge in [-0.2, -0.15) is 0 Å². The summed E-state index contributed by atoms with van der Waals surface area (Å²) >= 11 is 0. The molecule has 2 N–H and O–H groups in total. The number of ether oxygens (including phenoxy) is 2. The van der Waals surface area contributed by atoms with E-state index in [-0.39, 0.29) is 24.8 Å². The van der Waals surface area contributed by atoms with E-state index in [1.807, 2.05) is 71.6 Å². The number of anilines is 1. The maximum Gasteiger partial charge on any atom is 0.256 e. The third-order valence-electron chi connectivity index (χ3n) is 7.21. The van der Waals surface area contributed by atoms with Crippen LogP contribution in [0.25, 0.3) is 0 Å². The molecular weight excluding hydrogens is 468 g/mol. The van der Waals surface area contributed by atoms with E-state index in [4.69, 9.17) is 9.47 Å². The molecule has 3 aromatic rings. The molecule has 1 unspecified atom stereocenters. The Morgan fingerprint density at radius 1 is 0.946 bits per heavy atom. The Kier molecular flexibility index (Phi) is 6.40. The largest absolute Gasteiger partial charge is 0.454 e. The molecule has 0 aromatic heterocycles. The van der Waals surface area contributed by atoms with Crippen LogP contribution < -0.4 is 20.1 Å². The van der Waals surface area contributed by atoms with Crippen molar-refractivity contribution in [1.82, 2.24) is 15.1 Å². The Hall–Kier alpha value is -4.04. The lowest BCUT2D eigenvalue weighted by molar-refractivity contribution is 0.0728. The smallest absolute Gasteiger partial charge is 0.256 e. The Morgan fingerprint density at radius 2 is 1.73 bits per heavy atom. The minimum Gasteiger partial charge on any atom is -0.454 e. The minimum atomic E-state index is -0.339. The summed E-state index contributed by atoms with van der Waals surface area (Å²) in [7, 11) is 0. The van der Waals surface area contributed by atoms with Crippen LogP contribution in [0.15, 0.2) is 66.7 Å². The number of benzene rings is 3. The highest BCUT2D eigenvalue weighted by Crippen LogP contribution is 2.37. The molecule has 1 saturated heterocycles. The molecule has 1 fully saturated rings. The average molecular weight is 499 g/mol. The zero-order valence-electron chi connectivity index (χ0n) is 20.6. The van der Waals surface area contributed by atoms with Gasteiger partial charge in [0.25, 0.3) is 11.8 Å². The molecule has 0 bridgehead atoms. The summed E-state index contributed by atoms with van der Waals surface area (Å²) in [5.74, 6) is 1.31. The van der Waals surface area contributed by atoms with E-state index < -0.39 is 0 Å². The van der Waals surface area contributed by atoms with Crippen molar-refractivity contribution in [3.8, 4) is 11.5 Å². The zero-order valence-corrected chi connectivity index (χ0v) is 20.6. The molecule has 8 heteroatoms. The number of rotatable bonds is 8. The van der Waals surface area contributed by atoms with Crippen LogP contribution in [-0.4, -0.2) is 54.6 Å². The molecule has 37 heavy (non-hydrogen) atoms. The molecule has 190 valence electrons. The summed E-state index contributed by atoms with van der Waals surface area (Å²) in [6.07, 6.45) is 2.15. The molecule has 1 atom stereocenters. The van der Waals surface area contributed by atoms with Crippen LogP contribution in [-0.2, 0) is 6.54 Å². The Bertz CT molecular complexity index is 1300. The van der Waals surface area contributed by atoms with Crippen molar-refractivity contribution in [2.45, 2.75) is 25.6 Å². The topological polar surface area (TPSA) is 83.1 Å². The first-order chi connectivity index (χ1) is 18.2. The maximum atomic E-state index is 13.3. The van der Waals surface area contributed by atoms with Crippen LogP contribution in [0.5, 0.6) is 11.5 Å². The molecule has 3 aromatic carbocycles. The first-order valence-corrected chi connectivity index (χ1v) is 12.8. The van der Waals surface area contributed by atoms with Crippen molar-refractivity contribution in [3.05, 3.63) is 89.0 Å². The van der Waals surface area contributed by atoms with Crippen molar-refractivity contribution in [3.63, 3.8) is 0 Å². The van der Waals surface area contributed by atoms with Gasteiger partial charge in [-0.05, 0) is 74.0 Å². The highest BCUT2D eigenvalue weighted by molar-refractivity contribution is 5.99. The number of likely N-dealkylation sites (tertiary alicyclic amines) is 1. The van der Waals surface area contributed by atoms with Gasteiger partial charge in [0.1, 0.15) is 6.17 Å². The summed E-state index contributed by atoms with van der Waals surface area (Å²) in [5, 5.41) is 6.52. The number of carbonyl (C=O) groups excluding carboxylic acids is 2. The van der Waals surface area contributed by atoms with Gasteiger partial charge in [-0.15, -0.1) is 0 Å². The van der Waals surface area contributed by atoms with Crippen LogP contribution in [0.1, 0.15) is 50.9 Å². The summed E-state index contributed by atoms with van der Waals surface area (Å²) < 4.78 is 10.9. The quantitative estimate of drug-likeness (QED) is 0.489. The maximum absolute atomic E-state index is 13.3. The second-order valence-electron chi connectivity index (χ2n) is 9.64. The van der Waals surface area contributed by atoms with Gasteiger partial charge in [0.05, 0.1) is 0 Å². The highest BCUT2D eigenvalue weighted by Gasteiger charge is 2.36. The molecule has 0 radical (unpaired) electrons. The predicted octanol–water partition coefficient (Wildman–Crippen LogP) is 4.01. The van der Waals surface area contributed by atoms with Gasteiger partial charge in [-0.25, -0.2) is 0 Å².